The molecule has 0 aliphatic carbocycles. The molecule has 1 fully saturated rings. The highest BCUT2D eigenvalue weighted by Crippen LogP contribution is 2.34. The van der Waals surface area contributed by atoms with Crippen LogP contribution in [0.2, 0.25) is 0 Å². The fraction of sp³-hybridized carbons (Fsp3) is 0.333. The Hall–Kier alpha value is -3.33. The molecule has 2 aromatic rings. The summed E-state index contributed by atoms with van der Waals surface area (Å²) in [6.07, 6.45) is 0.843. The molecule has 8 nitrogen and oxygen atoms in total. The molecule has 1 unspecified atom stereocenters. The quantitative estimate of drug-likeness (QED) is 0.364. The number of nitrogens with one attached hydrogen (secondary N) is 2. The van der Waals surface area contributed by atoms with Crippen molar-refractivity contribution in [3.63, 3.8) is 0 Å². The number of benzene rings is 2. The van der Waals surface area contributed by atoms with E-state index in [-0.39, 0.29) is 17.1 Å². The molecule has 0 radical (unpaired) electrons. The average Bonchev–Trinajstić information content (AvgIpc) is 3.22. The van der Waals surface area contributed by atoms with E-state index in [1.54, 1.807) is 31.2 Å². The van der Waals surface area contributed by atoms with Gasteiger partial charge in [0.2, 0.25) is 0 Å². The van der Waals surface area contributed by atoms with E-state index in [2.05, 4.69) is 5.32 Å². The van der Waals surface area contributed by atoms with E-state index in [0.29, 0.717) is 36.6 Å². The molecule has 1 saturated heterocycles. The van der Waals surface area contributed by atoms with Crippen LogP contribution in [-0.2, 0) is 9.53 Å². The molecule has 0 saturated carbocycles. The van der Waals surface area contributed by atoms with Crippen molar-refractivity contribution in [1.29, 1.82) is 5.41 Å². The number of hydrogen-bond donors (Lipinski definition) is 4. The number of carbonyl (C=O) groups is 1. The molecule has 5 N–H and O–H groups in total. The number of nitrogens with two attached hydrogens (primary N) is 1. The van der Waals surface area contributed by atoms with Gasteiger partial charge in [-0.25, -0.2) is 9.18 Å². The van der Waals surface area contributed by atoms with Crippen molar-refractivity contribution in [1.82, 2.24) is 0 Å². The first-order valence-electron chi connectivity index (χ1n) is 9.57. The Labute approximate surface area is 173 Å². The monoisotopic (exact) mass is 417 g/mol. The van der Waals surface area contributed by atoms with Crippen LogP contribution in [0, 0.1) is 11.2 Å². The molecule has 30 heavy (non-hydrogen) atoms. The first-order chi connectivity index (χ1) is 14.4. The number of carboxylic acid groups (broad SMARTS) is 1. The van der Waals surface area contributed by atoms with Crippen LogP contribution < -0.4 is 20.5 Å². The SMILES string of the molecule is CCOc1cc(OC2CCCO2)c(F)c([C@H](Nc2ccc(C(=N)N)cc2)C(=O)O)c1. The van der Waals surface area contributed by atoms with Gasteiger partial charge in [-0.2, -0.15) is 0 Å². The van der Waals surface area contributed by atoms with Crippen LogP contribution >= 0.6 is 0 Å². The molecule has 1 aliphatic heterocycles. The van der Waals surface area contributed by atoms with Gasteiger partial charge in [0.1, 0.15) is 11.6 Å². The van der Waals surface area contributed by atoms with E-state index in [9.17, 15) is 9.90 Å². The number of nitrogen functional groups attached to an aromatic ring is 1. The minimum absolute atomic E-state index is 0.109. The maximum atomic E-state index is 15.2. The van der Waals surface area contributed by atoms with Crippen molar-refractivity contribution in [2.24, 2.45) is 5.73 Å². The van der Waals surface area contributed by atoms with Gasteiger partial charge in [-0.05, 0) is 43.7 Å². The molecule has 2 atom stereocenters. The van der Waals surface area contributed by atoms with Crippen molar-refractivity contribution in [2.75, 3.05) is 18.5 Å². The molecule has 0 bridgehead atoms. The van der Waals surface area contributed by atoms with Gasteiger partial charge in [0, 0.05) is 29.3 Å². The van der Waals surface area contributed by atoms with Crippen molar-refractivity contribution < 1.29 is 28.5 Å². The Kier molecular flexibility index (Phi) is 6.73. The first kappa shape index (κ1) is 21.4. The third kappa shape index (κ3) is 4.98. The third-order valence-corrected chi connectivity index (χ3v) is 4.56. The zero-order valence-corrected chi connectivity index (χ0v) is 16.5. The van der Waals surface area contributed by atoms with E-state index in [1.165, 1.54) is 12.1 Å². The molecule has 9 heteroatoms. The van der Waals surface area contributed by atoms with E-state index in [4.69, 9.17) is 25.4 Å². The van der Waals surface area contributed by atoms with Crippen LogP contribution in [0.15, 0.2) is 36.4 Å². The van der Waals surface area contributed by atoms with Crippen LogP contribution in [0.25, 0.3) is 0 Å². The summed E-state index contributed by atoms with van der Waals surface area (Å²) in [5.41, 5.74) is 6.22. The zero-order valence-electron chi connectivity index (χ0n) is 16.5. The Morgan fingerprint density at radius 1 is 1.40 bits per heavy atom. The number of carboxylic acids is 1. The van der Waals surface area contributed by atoms with Gasteiger partial charge in [-0.3, -0.25) is 5.41 Å². The number of anilines is 1. The normalized spacial score (nSPS) is 16.7. The first-order valence-corrected chi connectivity index (χ1v) is 9.57. The second-order valence-electron chi connectivity index (χ2n) is 6.72. The van der Waals surface area contributed by atoms with Crippen LogP contribution in [-0.4, -0.2) is 36.4 Å². The molecular formula is C21H24FN3O5. The van der Waals surface area contributed by atoms with Crippen molar-refractivity contribution in [3.05, 3.63) is 53.3 Å². The van der Waals surface area contributed by atoms with Gasteiger partial charge < -0.3 is 30.4 Å². The molecule has 0 amide bonds. The lowest BCUT2D eigenvalue weighted by Crippen LogP contribution is -2.23. The van der Waals surface area contributed by atoms with Gasteiger partial charge in [0.05, 0.1) is 13.2 Å². The van der Waals surface area contributed by atoms with Crippen LogP contribution in [0.1, 0.15) is 36.9 Å². The number of hydrogen-bond acceptors (Lipinski definition) is 6. The highest BCUT2D eigenvalue weighted by Gasteiger charge is 2.28. The smallest absolute Gasteiger partial charge is 0.330 e. The maximum Gasteiger partial charge on any atom is 0.330 e. The van der Waals surface area contributed by atoms with E-state index < -0.39 is 24.1 Å². The summed E-state index contributed by atoms with van der Waals surface area (Å²) in [4.78, 5) is 12.0. The lowest BCUT2D eigenvalue weighted by Gasteiger charge is -2.21. The summed E-state index contributed by atoms with van der Waals surface area (Å²) in [6, 6.07) is 7.62. The molecule has 0 spiro atoms. The van der Waals surface area contributed by atoms with Gasteiger partial charge >= 0.3 is 5.97 Å². The molecule has 1 heterocycles. The number of aliphatic carboxylic acids is 1. The topological polar surface area (TPSA) is 127 Å². The summed E-state index contributed by atoms with van der Waals surface area (Å²) >= 11 is 0. The van der Waals surface area contributed by atoms with Crippen molar-refractivity contribution >= 4 is 17.5 Å². The number of ether oxygens (including phenoxy) is 3. The van der Waals surface area contributed by atoms with E-state index in [1.807, 2.05) is 0 Å². The minimum Gasteiger partial charge on any atom is -0.494 e. The van der Waals surface area contributed by atoms with E-state index in [0.717, 1.165) is 6.42 Å². The number of rotatable bonds is 9. The molecule has 2 aromatic carbocycles. The van der Waals surface area contributed by atoms with Crippen molar-refractivity contribution in [3.8, 4) is 11.5 Å². The second-order valence-corrected chi connectivity index (χ2v) is 6.72. The fourth-order valence-corrected chi connectivity index (χ4v) is 3.11. The minimum atomic E-state index is -1.40. The predicted octanol–water partition coefficient (Wildman–Crippen LogP) is 3.26. The highest BCUT2D eigenvalue weighted by molar-refractivity contribution is 5.95. The fourth-order valence-electron chi connectivity index (χ4n) is 3.11. The van der Waals surface area contributed by atoms with Crippen LogP contribution in [0.5, 0.6) is 11.5 Å². The average molecular weight is 417 g/mol. The maximum absolute atomic E-state index is 15.2. The Bertz CT molecular complexity index is 914. The lowest BCUT2D eigenvalue weighted by molar-refractivity contribution is -0.138. The summed E-state index contributed by atoms with van der Waals surface area (Å²) < 4.78 is 31.7. The Morgan fingerprint density at radius 2 is 2.13 bits per heavy atom. The molecular weight excluding hydrogens is 393 g/mol. The number of amidine groups is 1. The zero-order chi connectivity index (χ0) is 21.7. The molecule has 160 valence electrons. The molecule has 0 aromatic heterocycles. The Balaban J connectivity index is 1.94. The van der Waals surface area contributed by atoms with Gasteiger partial charge in [-0.15, -0.1) is 0 Å². The standard InChI is InChI=1S/C21H24FN3O5/c1-2-28-14-10-15(18(22)16(11-14)30-17-4-3-9-29-17)19(21(26)27)25-13-7-5-12(6-8-13)20(23)24/h5-8,10-11,17,19,25H,2-4,9H2,1H3,(H3,23,24)(H,26,27)/t17?,19-/m0/s1. The summed E-state index contributed by atoms with van der Waals surface area (Å²) in [5.74, 6) is -2.01. The summed E-state index contributed by atoms with van der Waals surface area (Å²) in [6.45, 7) is 2.62. The van der Waals surface area contributed by atoms with Gasteiger partial charge in [-0.1, -0.05) is 0 Å². The largest absolute Gasteiger partial charge is 0.494 e. The lowest BCUT2D eigenvalue weighted by atomic mass is 10.0. The second kappa shape index (κ2) is 9.45. The Morgan fingerprint density at radius 3 is 2.70 bits per heavy atom. The summed E-state index contributed by atoms with van der Waals surface area (Å²) in [5, 5.41) is 20.0. The van der Waals surface area contributed by atoms with E-state index >= 15 is 4.39 Å². The van der Waals surface area contributed by atoms with Gasteiger partial charge in [0.25, 0.3) is 0 Å². The van der Waals surface area contributed by atoms with Crippen molar-refractivity contribution in [2.45, 2.75) is 32.1 Å². The van der Waals surface area contributed by atoms with Gasteiger partial charge in [0.15, 0.2) is 23.9 Å². The highest BCUT2D eigenvalue weighted by atomic mass is 19.1. The van der Waals surface area contributed by atoms with Crippen LogP contribution in [0.4, 0.5) is 10.1 Å². The number of halogens is 1. The summed E-state index contributed by atoms with van der Waals surface area (Å²) in [7, 11) is 0. The molecule has 3 rings (SSSR count). The van der Waals surface area contributed by atoms with Crippen LogP contribution in [0.3, 0.4) is 0 Å². The molecule has 1 aliphatic rings. The predicted molar refractivity (Wildman–Crippen MR) is 109 cm³/mol. The third-order valence-electron chi connectivity index (χ3n) is 4.56.